The molecular formula is C14H21NO4. The summed E-state index contributed by atoms with van der Waals surface area (Å²) in [6, 6.07) is 6.12. The van der Waals surface area contributed by atoms with E-state index in [4.69, 9.17) is 14.4 Å². The fourth-order valence-corrected chi connectivity index (χ4v) is 2.14. The summed E-state index contributed by atoms with van der Waals surface area (Å²) in [6.07, 6.45) is 0. The van der Waals surface area contributed by atoms with Gasteiger partial charge < -0.3 is 9.47 Å². The van der Waals surface area contributed by atoms with Crippen LogP contribution in [-0.2, 0) is 27.7 Å². The molecule has 0 radical (unpaired) electrons. The van der Waals surface area contributed by atoms with Gasteiger partial charge in [0, 0.05) is 25.2 Å². The zero-order chi connectivity index (χ0) is 13.5. The van der Waals surface area contributed by atoms with E-state index in [1.807, 2.05) is 12.1 Å². The number of morpholine rings is 1. The Kier molecular flexibility index (Phi) is 5.60. The van der Waals surface area contributed by atoms with E-state index in [1.165, 1.54) is 12.7 Å². The van der Waals surface area contributed by atoms with Crippen molar-refractivity contribution in [2.24, 2.45) is 0 Å². The van der Waals surface area contributed by atoms with Gasteiger partial charge in [0.1, 0.15) is 12.4 Å². The third-order valence-corrected chi connectivity index (χ3v) is 3.19. The van der Waals surface area contributed by atoms with Crippen molar-refractivity contribution in [3.63, 3.8) is 0 Å². The minimum Gasteiger partial charge on any atom is -0.496 e. The Balaban J connectivity index is 2.02. The third-order valence-electron chi connectivity index (χ3n) is 3.19. The quantitative estimate of drug-likeness (QED) is 0.578. The van der Waals surface area contributed by atoms with Crippen molar-refractivity contribution in [3.05, 3.63) is 29.3 Å². The van der Waals surface area contributed by atoms with Gasteiger partial charge in [0.2, 0.25) is 0 Å². The van der Waals surface area contributed by atoms with Crippen molar-refractivity contribution in [1.82, 2.24) is 4.90 Å². The van der Waals surface area contributed by atoms with E-state index in [0.29, 0.717) is 6.61 Å². The lowest BCUT2D eigenvalue weighted by Gasteiger charge is -2.27. The van der Waals surface area contributed by atoms with Crippen molar-refractivity contribution >= 4 is 0 Å². The summed E-state index contributed by atoms with van der Waals surface area (Å²) in [5.41, 5.74) is 2.22. The van der Waals surface area contributed by atoms with E-state index in [1.54, 1.807) is 7.11 Å². The lowest BCUT2D eigenvalue weighted by Crippen LogP contribution is -2.35. The number of hydrogen-bond donors (Lipinski definition) is 0. The van der Waals surface area contributed by atoms with Crippen LogP contribution in [-0.4, -0.2) is 45.4 Å². The van der Waals surface area contributed by atoms with Crippen molar-refractivity contribution < 1.29 is 19.2 Å². The van der Waals surface area contributed by atoms with Crippen molar-refractivity contribution in [1.29, 1.82) is 0 Å². The van der Waals surface area contributed by atoms with Crippen LogP contribution in [0.2, 0.25) is 0 Å². The standard InChI is InChI=1S/C14H21NO4/c1-16-14-9-12(11-19-17-2)3-4-13(14)10-15-5-7-18-8-6-15/h3-4,9H,5-8,10-11H2,1-2H3. The molecular weight excluding hydrogens is 246 g/mol. The number of methoxy groups -OCH3 is 1. The molecule has 0 aliphatic carbocycles. The van der Waals surface area contributed by atoms with Gasteiger partial charge in [0.15, 0.2) is 0 Å². The van der Waals surface area contributed by atoms with E-state index in [0.717, 1.165) is 44.2 Å². The maximum atomic E-state index is 5.45. The molecule has 1 saturated heterocycles. The molecule has 0 spiro atoms. The summed E-state index contributed by atoms with van der Waals surface area (Å²) < 4.78 is 10.8. The molecule has 1 fully saturated rings. The van der Waals surface area contributed by atoms with Gasteiger partial charge in [-0.25, -0.2) is 9.78 Å². The maximum Gasteiger partial charge on any atom is 0.123 e. The highest BCUT2D eigenvalue weighted by Gasteiger charge is 2.13. The number of ether oxygens (including phenoxy) is 2. The molecule has 2 rings (SSSR count). The molecule has 19 heavy (non-hydrogen) atoms. The Morgan fingerprint density at radius 3 is 2.68 bits per heavy atom. The predicted octanol–water partition coefficient (Wildman–Crippen LogP) is 1.61. The summed E-state index contributed by atoms with van der Waals surface area (Å²) in [6.45, 7) is 4.86. The van der Waals surface area contributed by atoms with Gasteiger partial charge >= 0.3 is 0 Å². The molecule has 0 atom stereocenters. The number of rotatable bonds is 6. The van der Waals surface area contributed by atoms with E-state index < -0.39 is 0 Å². The maximum absolute atomic E-state index is 5.45. The fourth-order valence-electron chi connectivity index (χ4n) is 2.14. The van der Waals surface area contributed by atoms with Crippen LogP contribution in [0.15, 0.2) is 18.2 Å². The molecule has 0 saturated carbocycles. The van der Waals surface area contributed by atoms with Gasteiger partial charge in [-0.05, 0) is 11.6 Å². The molecule has 5 nitrogen and oxygen atoms in total. The molecule has 1 heterocycles. The summed E-state index contributed by atoms with van der Waals surface area (Å²) in [5, 5.41) is 0. The highest BCUT2D eigenvalue weighted by atomic mass is 17.2. The smallest absolute Gasteiger partial charge is 0.123 e. The van der Waals surface area contributed by atoms with Crippen molar-refractivity contribution in [2.45, 2.75) is 13.2 Å². The average Bonchev–Trinajstić information content (AvgIpc) is 2.47. The monoisotopic (exact) mass is 267 g/mol. The summed E-state index contributed by atoms with van der Waals surface area (Å²) in [4.78, 5) is 11.9. The van der Waals surface area contributed by atoms with Gasteiger partial charge in [-0.1, -0.05) is 12.1 Å². The van der Waals surface area contributed by atoms with Crippen LogP contribution in [0.5, 0.6) is 5.75 Å². The van der Waals surface area contributed by atoms with Crippen LogP contribution in [0.1, 0.15) is 11.1 Å². The molecule has 1 aliphatic heterocycles. The lowest BCUT2D eigenvalue weighted by molar-refractivity contribution is -0.282. The van der Waals surface area contributed by atoms with Crippen LogP contribution in [0.4, 0.5) is 0 Å². The molecule has 1 aliphatic rings. The SMILES string of the molecule is COOCc1ccc(CN2CCOCC2)c(OC)c1. The minimum atomic E-state index is 0.421. The molecule has 0 amide bonds. The Labute approximate surface area is 113 Å². The first-order valence-electron chi connectivity index (χ1n) is 6.45. The zero-order valence-electron chi connectivity index (χ0n) is 11.6. The Bertz CT molecular complexity index is 391. The van der Waals surface area contributed by atoms with Crippen LogP contribution in [0.3, 0.4) is 0 Å². The topological polar surface area (TPSA) is 40.2 Å². The Morgan fingerprint density at radius 2 is 2.00 bits per heavy atom. The molecule has 0 aromatic heterocycles. The van der Waals surface area contributed by atoms with Crippen LogP contribution >= 0.6 is 0 Å². The summed E-state index contributed by atoms with van der Waals surface area (Å²) in [5.74, 6) is 0.892. The molecule has 0 unspecified atom stereocenters. The molecule has 0 N–H and O–H groups in total. The minimum absolute atomic E-state index is 0.421. The van der Waals surface area contributed by atoms with Crippen molar-refractivity contribution in [3.8, 4) is 5.75 Å². The van der Waals surface area contributed by atoms with E-state index in [-0.39, 0.29) is 0 Å². The van der Waals surface area contributed by atoms with Gasteiger partial charge in [-0.15, -0.1) is 0 Å². The Morgan fingerprint density at radius 1 is 1.21 bits per heavy atom. The van der Waals surface area contributed by atoms with Gasteiger partial charge in [0.05, 0.1) is 27.4 Å². The highest BCUT2D eigenvalue weighted by Crippen LogP contribution is 2.22. The van der Waals surface area contributed by atoms with E-state index in [2.05, 4.69) is 15.9 Å². The number of nitrogens with zero attached hydrogens (tertiary/aromatic N) is 1. The second-order valence-corrected chi connectivity index (χ2v) is 4.46. The van der Waals surface area contributed by atoms with Crippen LogP contribution in [0.25, 0.3) is 0 Å². The van der Waals surface area contributed by atoms with Crippen molar-refractivity contribution in [2.75, 3.05) is 40.5 Å². The molecule has 0 bridgehead atoms. The van der Waals surface area contributed by atoms with Crippen LogP contribution < -0.4 is 4.74 Å². The fraction of sp³-hybridized carbons (Fsp3) is 0.571. The molecule has 1 aromatic rings. The number of hydrogen-bond acceptors (Lipinski definition) is 5. The third kappa shape index (κ3) is 4.18. The van der Waals surface area contributed by atoms with Gasteiger partial charge in [-0.3, -0.25) is 4.90 Å². The van der Waals surface area contributed by atoms with Crippen LogP contribution in [0, 0.1) is 0 Å². The molecule has 1 aromatic carbocycles. The van der Waals surface area contributed by atoms with E-state index >= 15 is 0 Å². The second kappa shape index (κ2) is 7.45. The zero-order valence-corrected chi connectivity index (χ0v) is 11.6. The lowest BCUT2D eigenvalue weighted by atomic mass is 10.1. The summed E-state index contributed by atoms with van der Waals surface area (Å²) in [7, 11) is 3.20. The first-order chi connectivity index (χ1) is 9.33. The predicted molar refractivity (Wildman–Crippen MR) is 70.9 cm³/mol. The first-order valence-corrected chi connectivity index (χ1v) is 6.45. The molecule has 106 valence electrons. The number of benzene rings is 1. The largest absolute Gasteiger partial charge is 0.496 e. The highest BCUT2D eigenvalue weighted by molar-refractivity contribution is 5.37. The second-order valence-electron chi connectivity index (χ2n) is 4.46. The summed E-state index contributed by atoms with van der Waals surface area (Å²) >= 11 is 0. The normalized spacial score (nSPS) is 16.5. The van der Waals surface area contributed by atoms with Gasteiger partial charge in [0.25, 0.3) is 0 Å². The molecule has 5 heteroatoms. The first kappa shape index (κ1) is 14.3. The Hall–Kier alpha value is -1.14. The van der Waals surface area contributed by atoms with E-state index in [9.17, 15) is 0 Å². The van der Waals surface area contributed by atoms with Gasteiger partial charge in [-0.2, -0.15) is 0 Å². The average molecular weight is 267 g/mol.